The van der Waals surface area contributed by atoms with Gasteiger partial charge >= 0.3 is 5.97 Å². The number of carbonyl (C=O) groups is 2. The van der Waals surface area contributed by atoms with Crippen molar-refractivity contribution in [2.45, 2.75) is 5.09 Å². The summed E-state index contributed by atoms with van der Waals surface area (Å²) in [6.07, 6.45) is 0. The molecule has 122 valence electrons. The lowest BCUT2D eigenvalue weighted by atomic mass is 10.3. The number of ether oxygens (including phenoxy) is 1. The van der Waals surface area contributed by atoms with Crippen molar-refractivity contribution >= 4 is 50.2 Å². The number of amides is 1. The number of nitrogens with two attached hydrogens (primary N) is 1. The summed E-state index contributed by atoms with van der Waals surface area (Å²) in [6.45, 7) is -0.546. The molecule has 0 saturated carbocycles. The zero-order chi connectivity index (χ0) is 17.0. The topological polar surface area (TPSA) is 129 Å². The Morgan fingerprint density at radius 1 is 1.26 bits per heavy atom. The number of rotatable bonds is 5. The van der Waals surface area contributed by atoms with E-state index in [-0.39, 0.29) is 5.76 Å². The van der Waals surface area contributed by atoms with Gasteiger partial charge in [0.2, 0.25) is 10.9 Å². The van der Waals surface area contributed by atoms with Crippen LogP contribution in [-0.2, 0) is 19.6 Å². The van der Waals surface area contributed by atoms with Crippen molar-refractivity contribution in [2.24, 2.45) is 5.14 Å². The molecule has 1 aromatic carbocycles. The molecule has 1 heterocycles. The smallest absolute Gasteiger partial charge is 0.374 e. The summed E-state index contributed by atoms with van der Waals surface area (Å²) >= 11 is 2.09. The fourth-order valence-corrected chi connectivity index (χ4v) is 2.56. The molecule has 8 nitrogen and oxygen atoms in total. The van der Waals surface area contributed by atoms with Crippen LogP contribution in [0.5, 0.6) is 0 Å². The summed E-state index contributed by atoms with van der Waals surface area (Å²) in [5, 5.41) is 6.84. The van der Waals surface area contributed by atoms with Crippen LogP contribution in [0.1, 0.15) is 10.6 Å². The summed E-state index contributed by atoms with van der Waals surface area (Å²) in [7, 11) is -4.05. The first kappa shape index (κ1) is 17.4. The molecule has 0 atom stereocenters. The number of benzene rings is 1. The number of furan rings is 1. The molecule has 2 rings (SSSR count). The SMILES string of the molecule is NS(=O)(=O)c1ccc(C(=O)OCC(=O)Nc2cccc(I)c2)o1. The van der Waals surface area contributed by atoms with Crippen LogP contribution in [-0.4, -0.2) is 26.9 Å². The Bertz CT molecular complexity index is 846. The molecule has 0 saturated heterocycles. The minimum atomic E-state index is -4.05. The Hall–Kier alpha value is -1.92. The standard InChI is InChI=1S/C13H11IN2O6S/c14-8-2-1-3-9(6-8)16-11(17)7-21-13(18)10-4-5-12(22-10)23(15,19)20/h1-6H,7H2,(H,16,17)(H2,15,19,20). The van der Waals surface area contributed by atoms with Crippen molar-refractivity contribution in [2.75, 3.05) is 11.9 Å². The van der Waals surface area contributed by atoms with E-state index in [2.05, 4.69) is 27.9 Å². The van der Waals surface area contributed by atoms with E-state index < -0.39 is 33.6 Å². The first-order chi connectivity index (χ1) is 10.8. The predicted octanol–water partition coefficient (Wildman–Crippen LogP) is 1.33. The Morgan fingerprint density at radius 2 is 2.00 bits per heavy atom. The molecule has 0 radical (unpaired) electrons. The van der Waals surface area contributed by atoms with Gasteiger partial charge in [-0.2, -0.15) is 0 Å². The van der Waals surface area contributed by atoms with Crippen LogP contribution in [0.25, 0.3) is 0 Å². The highest BCUT2D eigenvalue weighted by atomic mass is 127. The van der Waals surface area contributed by atoms with Gasteiger partial charge in [0, 0.05) is 9.26 Å². The molecule has 0 aliphatic rings. The van der Waals surface area contributed by atoms with E-state index in [1.165, 1.54) is 0 Å². The lowest BCUT2D eigenvalue weighted by molar-refractivity contribution is -0.119. The van der Waals surface area contributed by atoms with Crippen molar-refractivity contribution in [1.29, 1.82) is 0 Å². The lowest BCUT2D eigenvalue weighted by Gasteiger charge is -2.06. The van der Waals surface area contributed by atoms with Gasteiger partial charge in [0.1, 0.15) is 0 Å². The summed E-state index contributed by atoms with van der Waals surface area (Å²) in [4.78, 5) is 23.3. The molecule has 0 aliphatic carbocycles. The molecule has 0 fully saturated rings. The normalized spacial score (nSPS) is 11.0. The van der Waals surface area contributed by atoms with Gasteiger partial charge in [0.15, 0.2) is 6.61 Å². The number of hydrogen-bond donors (Lipinski definition) is 2. The van der Waals surface area contributed by atoms with E-state index in [1.807, 2.05) is 6.07 Å². The molecule has 2 aromatic rings. The van der Waals surface area contributed by atoms with Crippen molar-refractivity contribution < 1.29 is 27.2 Å². The monoisotopic (exact) mass is 450 g/mol. The van der Waals surface area contributed by atoms with E-state index in [4.69, 9.17) is 14.3 Å². The average Bonchev–Trinajstić information content (AvgIpc) is 2.94. The average molecular weight is 450 g/mol. The molecule has 0 bridgehead atoms. The van der Waals surface area contributed by atoms with Crippen LogP contribution in [0.2, 0.25) is 0 Å². The third-order valence-electron chi connectivity index (χ3n) is 2.51. The van der Waals surface area contributed by atoms with Crippen molar-refractivity contribution in [1.82, 2.24) is 0 Å². The number of hydrogen-bond acceptors (Lipinski definition) is 6. The summed E-state index contributed by atoms with van der Waals surface area (Å²) in [5.74, 6) is -1.88. The predicted molar refractivity (Wildman–Crippen MR) is 88.2 cm³/mol. The van der Waals surface area contributed by atoms with Crippen LogP contribution >= 0.6 is 22.6 Å². The van der Waals surface area contributed by atoms with Crippen molar-refractivity contribution in [3.05, 3.63) is 45.7 Å². The summed E-state index contributed by atoms with van der Waals surface area (Å²) in [6, 6.07) is 9.17. The summed E-state index contributed by atoms with van der Waals surface area (Å²) in [5.41, 5.74) is 0.562. The van der Waals surface area contributed by atoms with E-state index in [1.54, 1.807) is 18.2 Å². The molecule has 10 heteroatoms. The molecule has 23 heavy (non-hydrogen) atoms. The molecule has 0 aliphatic heterocycles. The molecule has 0 unspecified atom stereocenters. The number of anilines is 1. The number of esters is 1. The lowest BCUT2D eigenvalue weighted by Crippen LogP contribution is -2.20. The van der Waals surface area contributed by atoms with Crippen LogP contribution in [0, 0.1) is 3.57 Å². The third-order valence-corrected chi connectivity index (χ3v) is 3.96. The van der Waals surface area contributed by atoms with Gasteiger partial charge in [-0.05, 0) is 52.9 Å². The van der Waals surface area contributed by atoms with E-state index >= 15 is 0 Å². The van der Waals surface area contributed by atoms with Gasteiger partial charge in [0.05, 0.1) is 0 Å². The minimum Gasteiger partial charge on any atom is -0.450 e. The first-order valence-electron chi connectivity index (χ1n) is 6.11. The minimum absolute atomic E-state index is 0.365. The maximum atomic E-state index is 11.7. The van der Waals surface area contributed by atoms with Gasteiger partial charge in [-0.1, -0.05) is 6.07 Å². The number of nitrogens with one attached hydrogen (secondary N) is 1. The highest BCUT2D eigenvalue weighted by Gasteiger charge is 2.19. The van der Waals surface area contributed by atoms with Crippen LogP contribution in [0.4, 0.5) is 5.69 Å². The Labute approximate surface area is 145 Å². The Morgan fingerprint density at radius 3 is 2.61 bits per heavy atom. The largest absolute Gasteiger partial charge is 0.450 e. The van der Waals surface area contributed by atoms with E-state index in [9.17, 15) is 18.0 Å². The molecule has 3 N–H and O–H groups in total. The zero-order valence-corrected chi connectivity index (χ0v) is 14.5. The van der Waals surface area contributed by atoms with E-state index in [0.29, 0.717) is 5.69 Å². The highest BCUT2D eigenvalue weighted by Crippen LogP contribution is 2.14. The maximum absolute atomic E-state index is 11.7. The summed E-state index contributed by atoms with van der Waals surface area (Å²) < 4.78 is 32.5. The second-order valence-electron chi connectivity index (χ2n) is 4.30. The van der Waals surface area contributed by atoms with Gasteiger partial charge in [-0.25, -0.2) is 18.4 Å². The number of halogens is 1. The van der Waals surface area contributed by atoms with Gasteiger partial charge < -0.3 is 14.5 Å². The Kier molecular flexibility index (Phi) is 5.38. The molecular formula is C13H11IN2O6S. The van der Waals surface area contributed by atoms with Crippen LogP contribution < -0.4 is 10.5 Å². The van der Waals surface area contributed by atoms with Crippen LogP contribution in [0.3, 0.4) is 0 Å². The molecule has 1 aromatic heterocycles. The Balaban J connectivity index is 1.91. The van der Waals surface area contributed by atoms with E-state index in [0.717, 1.165) is 15.7 Å². The fourth-order valence-electron chi connectivity index (χ4n) is 1.55. The van der Waals surface area contributed by atoms with Gasteiger partial charge in [-0.3, -0.25) is 4.79 Å². The number of primary sulfonamides is 1. The highest BCUT2D eigenvalue weighted by molar-refractivity contribution is 14.1. The second-order valence-corrected chi connectivity index (χ2v) is 7.04. The third kappa shape index (κ3) is 5.04. The first-order valence-corrected chi connectivity index (χ1v) is 8.73. The number of sulfonamides is 1. The van der Waals surface area contributed by atoms with Crippen molar-refractivity contribution in [3.63, 3.8) is 0 Å². The number of carbonyl (C=O) groups excluding carboxylic acids is 2. The van der Waals surface area contributed by atoms with Gasteiger partial charge in [0.25, 0.3) is 15.9 Å². The molecular weight excluding hydrogens is 439 g/mol. The van der Waals surface area contributed by atoms with Gasteiger partial charge in [-0.15, -0.1) is 0 Å². The van der Waals surface area contributed by atoms with Crippen molar-refractivity contribution in [3.8, 4) is 0 Å². The molecule has 0 spiro atoms. The maximum Gasteiger partial charge on any atom is 0.374 e. The fraction of sp³-hybridized carbons (Fsp3) is 0.0769. The quantitative estimate of drug-likeness (QED) is 0.523. The second kappa shape index (κ2) is 7.10. The zero-order valence-electron chi connectivity index (χ0n) is 11.5. The van der Waals surface area contributed by atoms with Crippen LogP contribution in [0.15, 0.2) is 45.9 Å². The molecule has 1 amide bonds.